The minimum Gasteiger partial charge on any atom is -0.479 e. The van der Waals surface area contributed by atoms with Gasteiger partial charge in [0.15, 0.2) is 6.04 Å². The quantitative estimate of drug-likeness (QED) is 0.461. The van der Waals surface area contributed by atoms with E-state index < -0.39 is 30.1 Å². The fourth-order valence-electron chi connectivity index (χ4n) is 4.09. The van der Waals surface area contributed by atoms with E-state index in [1.165, 1.54) is 11.3 Å². The van der Waals surface area contributed by atoms with Crippen LogP contribution in [0.3, 0.4) is 0 Å². The van der Waals surface area contributed by atoms with Crippen LogP contribution in [-0.2, 0) is 14.3 Å². The molecule has 2 aromatic carbocycles. The summed E-state index contributed by atoms with van der Waals surface area (Å²) >= 11 is 1.24. The molecule has 2 atom stereocenters. The highest BCUT2D eigenvalue weighted by molar-refractivity contribution is 7.10. The van der Waals surface area contributed by atoms with Gasteiger partial charge < -0.3 is 20.5 Å². The number of alkyl carbamates (subject to hydrolysis) is 1. The minimum atomic E-state index is -1.17. The average molecular weight is 465 g/mol. The first-order valence-electron chi connectivity index (χ1n) is 10.7. The van der Waals surface area contributed by atoms with Gasteiger partial charge in [0, 0.05) is 10.8 Å². The Bertz CT molecular complexity index is 1120. The van der Waals surface area contributed by atoms with Crippen molar-refractivity contribution >= 4 is 29.3 Å². The van der Waals surface area contributed by atoms with E-state index in [4.69, 9.17) is 4.74 Å². The topological polar surface area (TPSA) is 105 Å². The minimum absolute atomic E-state index is 0.0905. The summed E-state index contributed by atoms with van der Waals surface area (Å²) in [5.74, 6) is -1.83. The van der Waals surface area contributed by atoms with Crippen LogP contribution in [0.25, 0.3) is 11.1 Å². The first-order chi connectivity index (χ1) is 16.0. The van der Waals surface area contributed by atoms with Gasteiger partial charge in [0.25, 0.3) is 0 Å². The zero-order valence-corrected chi connectivity index (χ0v) is 18.8. The highest BCUT2D eigenvalue weighted by atomic mass is 32.1. The highest BCUT2D eigenvalue weighted by Crippen LogP contribution is 2.44. The van der Waals surface area contributed by atoms with Crippen LogP contribution in [0.4, 0.5) is 4.79 Å². The van der Waals surface area contributed by atoms with Crippen molar-refractivity contribution < 1.29 is 24.2 Å². The second-order valence-electron chi connectivity index (χ2n) is 7.73. The number of carboxylic acid groups (broad SMARTS) is 1. The largest absolute Gasteiger partial charge is 0.479 e. The van der Waals surface area contributed by atoms with Gasteiger partial charge in [-0.25, -0.2) is 9.59 Å². The molecule has 1 aliphatic rings. The summed E-state index contributed by atoms with van der Waals surface area (Å²) < 4.78 is 5.50. The molecule has 3 N–H and O–H groups in total. The zero-order chi connectivity index (χ0) is 23.4. The maximum absolute atomic E-state index is 12.7. The van der Waals surface area contributed by atoms with Gasteiger partial charge in [-0.1, -0.05) is 61.5 Å². The average Bonchev–Trinajstić information content (AvgIpc) is 3.46. The van der Waals surface area contributed by atoms with Gasteiger partial charge >= 0.3 is 12.1 Å². The molecule has 2 amide bonds. The highest BCUT2D eigenvalue weighted by Gasteiger charge is 2.30. The summed E-state index contributed by atoms with van der Waals surface area (Å²) in [5.41, 5.74) is 4.44. The standard InChI is InChI=1S/C25H24N2O5S/c1-2-20(23(28)27-22(24(29)30)21-12-7-13-33-21)26-25(31)32-14-19-17-10-5-3-8-15(17)16-9-4-6-11-18(16)19/h3-13,19-20,22H,2,14H2,1H3,(H,26,31)(H,27,28)(H,29,30)/t20-,22?/m0/s1. The molecule has 7 nitrogen and oxygen atoms in total. The van der Waals surface area contributed by atoms with Crippen LogP contribution in [0, 0.1) is 0 Å². The number of thiophene rings is 1. The molecule has 170 valence electrons. The number of hydrogen-bond acceptors (Lipinski definition) is 5. The number of carbonyl (C=O) groups is 3. The summed E-state index contributed by atoms with van der Waals surface area (Å²) in [6.45, 7) is 1.86. The third-order valence-electron chi connectivity index (χ3n) is 5.72. The lowest BCUT2D eigenvalue weighted by molar-refractivity contribution is -0.142. The van der Waals surface area contributed by atoms with Crippen molar-refractivity contribution in [2.75, 3.05) is 6.61 Å². The fraction of sp³-hybridized carbons (Fsp3) is 0.240. The van der Waals surface area contributed by atoms with E-state index in [9.17, 15) is 19.5 Å². The van der Waals surface area contributed by atoms with E-state index in [2.05, 4.69) is 22.8 Å². The normalized spacial score (nSPS) is 14.0. The first-order valence-corrected chi connectivity index (χ1v) is 11.6. The van der Waals surface area contributed by atoms with E-state index in [-0.39, 0.29) is 18.9 Å². The number of carboxylic acids is 1. The number of rotatable bonds is 8. The van der Waals surface area contributed by atoms with Crippen molar-refractivity contribution in [3.8, 4) is 11.1 Å². The number of fused-ring (bicyclic) bond motifs is 3. The predicted molar refractivity (Wildman–Crippen MR) is 125 cm³/mol. The van der Waals surface area contributed by atoms with Crippen LogP contribution in [0.2, 0.25) is 0 Å². The Hall–Kier alpha value is -3.65. The number of benzene rings is 2. The van der Waals surface area contributed by atoms with Gasteiger partial charge in [-0.15, -0.1) is 11.3 Å². The molecule has 0 spiro atoms. The van der Waals surface area contributed by atoms with Crippen molar-refractivity contribution in [2.24, 2.45) is 0 Å². The number of carbonyl (C=O) groups excluding carboxylic acids is 2. The van der Waals surface area contributed by atoms with Gasteiger partial charge in [-0.05, 0) is 40.1 Å². The number of ether oxygens (including phenoxy) is 1. The molecule has 0 saturated heterocycles. The van der Waals surface area contributed by atoms with E-state index in [1.54, 1.807) is 24.4 Å². The summed E-state index contributed by atoms with van der Waals surface area (Å²) in [6, 6.07) is 17.3. The predicted octanol–water partition coefficient (Wildman–Crippen LogP) is 4.31. The summed E-state index contributed by atoms with van der Waals surface area (Å²) in [4.78, 5) is 37.3. The molecule has 1 aliphatic carbocycles. The second kappa shape index (κ2) is 9.87. The van der Waals surface area contributed by atoms with Crippen LogP contribution < -0.4 is 10.6 Å². The summed E-state index contributed by atoms with van der Waals surface area (Å²) in [5, 5.41) is 16.3. The van der Waals surface area contributed by atoms with Crippen LogP contribution in [-0.4, -0.2) is 35.7 Å². The van der Waals surface area contributed by atoms with Crippen LogP contribution >= 0.6 is 11.3 Å². The molecular weight excluding hydrogens is 440 g/mol. The Morgan fingerprint density at radius 3 is 2.15 bits per heavy atom. The van der Waals surface area contributed by atoms with Crippen molar-refractivity contribution in [3.63, 3.8) is 0 Å². The SMILES string of the molecule is CC[C@H](NC(=O)OCC1c2ccccc2-c2ccccc21)C(=O)NC(C(=O)O)c1cccs1. The Balaban J connectivity index is 1.39. The maximum Gasteiger partial charge on any atom is 0.407 e. The van der Waals surface area contributed by atoms with Crippen LogP contribution in [0.15, 0.2) is 66.0 Å². The Morgan fingerprint density at radius 1 is 0.970 bits per heavy atom. The van der Waals surface area contributed by atoms with Gasteiger partial charge in [-0.3, -0.25) is 4.79 Å². The van der Waals surface area contributed by atoms with Gasteiger partial charge in [0.05, 0.1) is 0 Å². The molecule has 0 radical (unpaired) electrons. The number of hydrogen-bond donors (Lipinski definition) is 3. The summed E-state index contributed by atoms with van der Waals surface area (Å²) in [7, 11) is 0. The lowest BCUT2D eigenvalue weighted by Gasteiger charge is -2.20. The molecule has 3 aromatic rings. The molecular formula is C25H24N2O5S. The van der Waals surface area contributed by atoms with Gasteiger partial charge in [-0.2, -0.15) is 0 Å². The van der Waals surface area contributed by atoms with Crippen molar-refractivity contribution in [2.45, 2.75) is 31.3 Å². The zero-order valence-electron chi connectivity index (χ0n) is 18.0. The molecule has 1 unspecified atom stereocenters. The van der Waals surface area contributed by atoms with E-state index in [0.29, 0.717) is 4.88 Å². The molecule has 4 rings (SSSR count). The summed E-state index contributed by atoms with van der Waals surface area (Å²) in [6.07, 6.45) is -0.436. The third-order valence-corrected chi connectivity index (χ3v) is 6.66. The molecule has 0 saturated carbocycles. The molecule has 0 aliphatic heterocycles. The van der Waals surface area contributed by atoms with E-state index >= 15 is 0 Å². The van der Waals surface area contributed by atoms with Gasteiger partial charge in [0.2, 0.25) is 5.91 Å². The van der Waals surface area contributed by atoms with Gasteiger partial charge in [0.1, 0.15) is 12.6 Å². The third kappa shape index (κ3) is 4.75. The fourth-order valence-corrected chi connectivity index (χ4v) is 4.86. The first kappa shape index (κ1) is 22.5. The van der Waals surface area contributed by atoms with Crippen LogP contribution in [0.1, 0.15) is 41.3 Å². The molecule has 0 fully saturated rings. The Labute approximate surface area is 195 Å². The molecule has 1 aromatic heterocycles. The van der Waals surface area contributed by atoms with Crippen molar-refractivity contribution in [1.29, 1.82) is 0 Å². The molecule has 1 heterocycles. The molecule has 8 heteroatoms. The maximum atomic E-state index is 12.7. The second-order valence-corrected chi connectivity index (χ2v) is 8.71. The lowest BCUT2D eigenvalue weighted by atomic mass is 9.98. The van der Waals surface area contributed by atoms with E-state index in [1.807, 2.05) is 36.4 Å². The van der Waals surface area contributed by atoms with Crippen molar-refractivity contribution in [1.82, 2.24) is 10.6 Å². The smallest absolute Gasteiger partial charge is 0.407 e. The number of amides is 2. The van der Waals surface area contributed by atoms with Crippen molar-refractivity contribution in [3.05, 3.63) is 82.0 Å². The lowest BCUT2D eigenvalue weighted by Crippen LogP contribution is -2.48. The van der Waals surface area contributed by atoms with E-state index in [0.717, 1.165) is 22.3 Å². The molecule has 0 bridgehead atoms. The number of aliphatic carboxylic acids is 1. The Kier molecular flexibility index (Phi) is 6.74. The number of nitrogens with one attached hydrogen (secondary N) is 2. The van der Waals surface area contributed by atoms with Crippen LogP contribution in [0.5, 0.6) is 0 Å². The molecule has 33 heavy (non-hydrogen) atoms. The Morgan fingerprint density at radius 2 is 1.61 bits per heavy atom. The monoisotopic (exact) mass is 464 g/mol.